The summed E-state index contributed by atoms with van der Waals surface area (Å²) < 4.78 is 5.58. The summed E-state index contributed by atoms with van der Waals surface area (Å²) in [5.74, 6) is 0.884. The Morgan fingerprint density at radius 2 is 2.22 bits per heavy atom. The molecule has 0 heterocycles. The first-order chi connectivity index (χ1) is 8.56. The van der Waals surface area contributed by atoms with E-state index in [0.717, 1.165) is 30.1 Å². The van der Waals surface area contributed by atoms with E-state index in [-0.39, 0.29) is 5.92 Å². The van der Waals surface area contributed by atoms with Crippen molar-refractivity contribution in [3.8, 4) is 11.8 Å². The summed E-state index contributed by atoms with van der Waals surface area (Å²) in [5.41, 5.74) is 7.59. The maximum absolute atomic E-state index is 8.81. The number of nitrogens with zero attached hydrogens (tertiary/aromatic N) is 2. The van der Waals surface area contributed by atoms with Crippen LogP contribution >= 0.6 is 0 Å². The molecule has 0 aliphatic heterocycles. The van der Waals surface area contributed by atoms with Crippen molar-refractivity contribution in [2.24, 2.45) is 5.92 Å². The summed E-state index contributed by atoms with van der Waals surface area (Å²) in [5, 5.41) is 8.81. The van der Waals surface area contributed by atoms with Gasteiger partial charge in [-0.1, -0.05) is 0 Å². The quantitative estimate of drug-likeness (QED) is 0.783. The SMILES string of the molecule is CCOc1ccc(N)cc1CN(C)CC(C)C#N. The topological polar surface area (TPSA) is 62.3 Å². The van der Waals surface area contributed by atoms with Gasteiger partial charge in [0.25, 0.3) is 0 Å². The van der Waals surface area contributed by atoms with Crippen LogP contribution in [0.2, 0.25) is 0 Å². The maximum Gasteiger partial charge on any atom is 0.123 e. The number of nitrogens with two attached hydrogens (primary N) is 1. The van der Waals surface area contributed by atoms with Crippen LogP contribution in [-0.4, -0.2) is 25.1 Å². The van der Waals surface area contributed by atoms with Gasteiger partial charge in [0, 0.05) is 24.3 Å². The highest BCUT2D eigenvalue weighted by molar-refractivity contribution is 5.47. The van der Waals surface area contributed by atoms with Crippen LogP contribution < -0.4 is 10.5 Å². The molecule has 18 heavy (non-hydrogen) atoms. The van der Waals surface area contributed by atoms with Gasteiger partial charge >= 0.3 is 0 Å². The summed E-state index contributed by atoms with van der Waals surface area (Å²) >= 11 is 0. The van der Waals surface area contributed by atoms with Crippen LogP contribution in [0.5, 0.6) is 5.75 Å². The average Bonchev–Trinajstić information content (AvgIpc) is 2.32. The Bertz CT molecular complexity index is 426. The first-order valence-corrected chi connectivity index (χ1v) is 6.16. The molecule has 0 radical (unpaired) electrons. The number of nitriles is 1. The van der Waals surface area contributed by atoms with Crippen molar-refractivity contribution < 1.29 is 4.74 Å². The Morgan fingerprint density at radius 3 is 2.83 bits per heavy atom. The number of hydrogen-bond acceptors (Lipinski definition) is 4. The minimum absolute atomic E-state index is 0.0200. The van der Waals surface area contributed by atoms with Crippen LogP contribution in [0.1, 0.15) is 19.4 Å². The molecule has 4 nitrogen and oxygen atoms in total. The summed E-state index contributed by atoms with van der Waals surface area (Å²) in [4.78, 5) is 2.10. The number of anilines is 1. The monoisotopic (exact) mass is 247 g/mol. The van der Waals surface area contributed by atoms with Crippen LogP contribution in [0.4, 0.5) is 5.69 Å². The normalized spacial score (nSPS) is 12.2. The van der Waals surface area contributed by atoms with Crippen molar-refractivity contribution in [1.82, 2.24) is 4.90 Å². The molecule has 0 saturated heterocycles. The third-order valence-corrected chi connectivity index (χ3v) is 2.63. The fraction of sp³-hybridized carbons (Fsp3) is 0.500. The van der Waals surface area contributed by atoms with Crippen LogP contribution in [0, 0.1) is 17.2 Å². The molecule has 2 N–H and O–H groups in total. The lowest BCUT2D eigenvalue weighted by Crippen LogP contribution is -2.23. The number of nitrogen functional groups attached to an aromatic ring is 1. The third kappa shape index (κ3) is 4.27. The fourth-order valence-electron chi connectivity index (χ4n) is 1.88. The lowest BCUT2D eigenvalue weighted by atomic mass is 10.1. The zero-order valence-electron chi connectivity index (χ0n) is 11.3. The molecule has 1 rings (SSSR count). The molecule has 0 aromatic heterocycles. The molecule has 0 saturated carbocycles. The van der Waals surface area contributed by atoms with E-state index in [1.165, 1.54) is 0 Å². The first kappa shape index (κ1) is 14.3. The molecule has 4 heteroatoms. The average molecular weight is 247 g/mol. The second-order valence-electron chi connectivity index (χ2n) is 4.53. The molecule has 0 aliphatic rings. The van der Waals surface area contributed by atoms with E-state index in [9.17, 15) is 0 Å². The molecule has 1 aromatic rings. The largest absolute Gasteiger partial charge is 0.494 e. The van der Waals surface area contributed by atoms with Gasteiger partial charge in [0.15, 0.2) is 0 Å². The Labute approximate surface area is 109 Å². The first-order valence-electron chi connectivity index (χ1n) is 6.16. The van der Waals surface area contributed by atoms with Crippen molar-refractivity contribution >= 4 is 5.69 Å². The molecule has 0 bridgehead atoms. The molecular formula is C14H21N3O. The third-order valence-electron chi connectivity index (χ3n) is 2.63. The summed E-state index contributed by atoms with van der Waals surface area (Å²) in [6.45, 7) is 5.97. The lowest BCUT2D eigenvalue weighted by Gasteiger charge is -2.20. The molecule has 1 aromatic carbocycles. The highest BCUT2D eigenvalue weighted by atomic mass is 16.5. The van der Waals surface area contributed by atoms with Crippen molar-refractivity contribution in [2.75, 3.05) is 25.9 Å². The molecule has 0 spiro atoms. The van der Waals surface area contributed by atoms with Crippen LogP contribution in [0.15, 0.2) is 18.2 Å². The molecule has 98 valence electrons. The highest BCUT2D eigenvalue weighted by Crippen LogP contribution is 2.23. The van der Waals surface area contributed by atoms with E-state index in [1.54, 1.807) is 0 Å². The van der Waals surface area contributed by atoms with E-state index >= 15 is 0 Å². The zero-order valence-corrected chi connectivity index (χ0v) is 11.3. The van der Waals surface area contributed by atoms with E-state index < -0.39 is 0 Å². The minimum atomic E-state index is 0.0200. The molecular weight excluding hydrogens is 226 g/mol. The van der Waals surface area contributed by atoms with Gasteiger partial charge in [0.2, 0.25) is 0 Å². The molecule has 1 unspecified atom stereocenters. The zero-order chi connectivity index (χ0) is 13.5. The summed E-state index contributed by atoms with van der Waals surface area (Å²) in [7, 11) is 1.99. The summed E-state index contributed by atoms with van der Waals surface area (Å²) in [6, 6.07) is 7.90. The van der Waals surface area contributed by atoms with Gasteiger partial charge in [0.05, 0.1) is 18.6 Å². The lowest BCUT2D eigenvalue weighted by molar-refractivity contribution is 0.288. The van der Waals surface area contributed by atoms with Gasteiger partial charge in [0.1, 0.15) is 5.75 Å². The number of benzene rings is 1. The van der Waals surface area contributed by atoms with Crippen molar-refractivity contribution in [3.63, 3.8) is 0 Å². The van der Waals surface area contributed by atoms with E-state index in [0.29, 0.717) is 6.61 Å². The van der Waals surface area contributed by atoms with E-state index in [2.05, 4.69) is 11.0 Å². The Balaban J connectivity index is 2.76. The van der Waals surface area contributed by atoms with Crippen LogP contribution in [-0.2, 0) is 6.54 Å². The predicted octanol–water partition coefficient (Wildman–Crippen LogP) is 2.26. The van der Waals surface area contributed by atoms with Gasteiger partial charge in [-0.3, -0.25) is 0 Å². The van der Waals surface area contributed by atoms with Crippen molar-refractivity contribution in [3.05, 3.63) is 23.8 Å². The Morgan fingerprint density at radius 1 is 1.50 bits per heavy atom. The van der Waals surface area contributed by atoms with Gasteiger partial charge in [-0.2, -0.15) is 5.26 Å². The maximum atomic E-state index is 8.81. The van der Waals surface area contributed by atoms with Gasteiger partial charge in [-0.15, -0.1) is 0 Å². The molecule has 1 atom stereocenters. The van der Waals surface area contributed by atoms with Crippen LogP contribution in [0.25, 0.3) is 0 Å². The number of hydrogen-bond donors (Lipinski definition) is 1. The predicted molar refractivity (Wildman–Crippen MR) is 73.1 cm³/mol. The minimum Gasteiger partial charge on any atom is -0.494 e. The second kappa shape index (κ2) is 6.87. The van der Waals surface area contributed by atoms with Crippen molar-refractivity contribution in [2.45, 2.75) is 20.4 Å². The smallest absolute Gasteiger partial charge is 0.123 e. The molecule has 0 fully saturated rings. The van der Waals surface area contributed by atoms with E-state index in [1.807, 2.05) is 39.1 Å². The second-order valence-corrected chi connectivity index (χ2v) is 4.53. The highest BCUT2D eigenvalue weighted by Gasteiger charge is 2.10. The summed E-state index contributed by atoms with van der Waals surface area (Å²) in [6.07, 6.45) is 0. The fourth-order valence-corrected chi connectivity index (χ4v) is 1.88. The van der Waals surface area contributed by atoms with Gasteiger partial charge in [-0.05, 0) is 39.1 Å². The van der Waals surface area contributed by atoms with Gasteiger partial charge < -0.3 is 15.4 Å². The van der Waals surface area contributed by atoms with Crippen LogP contribution in [0.3, 0.4) is 0 Å². The Hall–Kier alpha value is -1.73. The molecule has 0 aliphatic carbocycles. The Kier molecular flexibility index (Phi) is 5.47. The van der Waals surface area contributed by atoms with Crippen molar-refractivity contribution in [1.29, 1.82) is 5.26 Å². The van der Waals surface area contributed by atoms with E-state index in [4.69, 9.17) is 15.7 Å². The molecule has 0 amide bonds. The van der Waals surface area contributed by atoms with Gasteiger partial charge in [-0.25, -0.2) is 0 Å². The standard InChI is InChI=1S/C14H21N3O/c1-4-18-14-6-5-13(16)7-12(14)10-17(3)9-11(2)8-15/h5-7,11H,4,9-10,16H2,1-3H3. The number of rotatable bonds is 6. The number of ether oxygens (including phenoxy) is 1.